The summed E-state index contributed by atoms with van der Waals surface area (Å²) in [4.78, 5) is 16.4. The summed E-state index contributed by atoms with van der Waals surface area (Å²) in [5.74, 6) is 1.91. The Bertz CT molecular complexity index is 1480. The number of pyridine rings is 1. The van der Waals surface area contributed by atoms with Crippen LogP contribution >= 0.6 is 0 Å². The summed E-state index contributed by atoms with van der Waals surface area (Å²) < 4.78 is 26.9. The fourth-order valence-electron chi connectivity index (χ4n) is 4.44. The van der Waals surface area contributed by atoms with E-state index in [9.17, 15) is 9.00 Å². The van der Waals surface area contributed by atoms with E-state index >= 15 is 0 Å². The molecule has 3 aromatic carbocycles. The number of para-hydroxylation sites is 1. The van der Waals surface area contributed by atoms with Crippen molar-refractivity contribution in [3.8, 4) is 17.2 Å². The maximum absolute atomic E-state index is 12.0. The second-order valence-corrected chi connectivity index (χ2v) is 9.38. The van der Waals surface area contributed by atoms with Crippen molar-refractivity contribution in [2.75, 3.05) is 0 Å². The minimum atomic E-state index is -1.51. The molecule has 7 heteroatoms. The summed E-state index contributed by atoms with van der Waals surface area (Å²) in [6, 6.07) is 23.3. The molecule has 6 rings (SSSR count). The fourth-order valence-corrected chi connectivity index (χ4v) is 5.35. The molecule has 34 heavy (non-hydrogen) atoms. The number of hydrogen-bond donors (Lipinski definition) is 1. The topological polar surface area (TPSA) is 77.5 Å². The van der Waals surface area contributed by atoms with Crippen molar-refractivity contribution in [1.82, 2.24) is 9.71 Å². The van der Waals surface area contributed by atoms with Crippen molar-refractivity contribution in [2.45, 2.75) is 18.9 Å². The normalized spacial score (nSPS) is 18.9. The molecular weight excluding hydrogens is 448 g/mol. The zero-order valence-corrected chi connectivity index (χ0v) is 18.9. The monoisotopic (exact) mass is 468 g/mol. The third-order valence-corrected chi connectivity index (χ3v) is 7.18. The van der Waals surface area contributed by atoms with Crippen LogP contribution in [0, 0.1) is 0 Å². The third-order valence-electron chi connectivity index (χ3n) is 6.04. The summed E-state index contributed by atoms with van der Waals surface area (Å²) in [7, 11) is -1.51. The van der Waals surface area contributed by atoms with Crippen molar-refractivity contribution < 1.29 is 18.5 Å². The molecule has 1 aromatic heterocycles. The molecule has 168 valence electrons. The van der Waals surface area contributed by atoms with Crippen LogP contribution in [-0.2, 0) is 22.2 Å². The first-order valence-corrected chi connectivity index (χ1v) is 12.1. The van der Waals surface area contributed by atoms with E-state index in [4.69, 9.17) is 9.47 Å². The van der Waals surface area contributed by atoms with Gasteiger partial charge in [0, 0.05) is 17.0 Å². The molecule has 2 aliphatic rings. The number of hydrogen-bond acceptors (Lipinski definition) is 5. The second-order valence-electron chi connectivity index (χ2n) is 8.20. The van der Waals surface area contributed by atoms with Gasteiger partial charge in [-0.1, -0.05) is 42.5 Å². The molecule has 1 amide bonds. The van der Waals surface area contributed by atoms with Crippen molar-refractivity contribution in [1.29, 1.82) is 0 Å². The fraction of sp³-hybridized carbons (Fsp3) is 0.111. The largest absolute Gasteiger partial charge is 0.486 e. The van der Waals surface area contributed by atoms with Gasteiger partial charge >= 0.3 is 0 Å². The Kier molecular flexibility index (Phi) is 5.11. The first-order chi connectivity index (χ1) is 16.6. The molecule has 0 radical (unpaired) electrons. The zero-order valence-electron chi connectivity index (χ0n) is 18.1. The summed E-state index contributed by atoms with van der Waals surface area (Å²) >= 11 is 0. The van der Waals surface area contributed by atoms with E-state index in [1.165, 1.54) is 6.08 Å². The number of nitrogens with one attached hydrogen (secondary N) is 1. The first kappa shape index (κ1) is 20.6. The highest BCUT2D eigenvalue weighted by atomic mass is 32.2. The van der Waals surface area contributed by atoms with Gasteiger partial charge in [-0.25, -0.2) is 4.21 Å². The lowest BCUT2D eigenvalue weighted by molar-refractivity contribution is -0.114. The van der Waals surface area contributed by atoms with Crippen LogP contribution < -0.4 is 14.2 Å². The average Bonchev–Trinajstić information content (AvgIpc) is 3.42. The Balaban J connectivity index is 1.21. The highest BCUT2D eigenvalue weighted by molar-refractivity contribution is 7.93. The molecule has 0 fully saturated rings. The van der Waals surface area contributed by atoms with Crippen LogP contribution in [0.4, 0.5) is 0 Å². The second kappa shape index (κ2) is 8.43. The maximum Gasteiger partial charge on any atom is 0.257 e. The highest BCUT2D eigenvalue weighted by Crippen LogP contribution is 2.41. The molecule has 1 unspecified atom stereocenters. The van der Waals surface area contributed by atoms with Gasteiger partial charge < -0.3 is 9.47 Å². The number of aromatic nitrogens is 1. The summed E-state index contributed by atoms with van der Waals surface area (Å²) in [5.41, 5.74) is 3.93. The number of fused-ring (bicyclic) bond motifs is 2. The lowest BCUT2D eigenvalue weighted by Crippen LogP contribution is -2.16. The van der Waals surface area contributed by atoms with Gasteiger partial charge in [0.25, 0.3) is 5.91 Å². The van der Waals surface area contributed by atoms with E-state index in [1.54, 1.807) is 6.20 Å². The number of carbonyl (C=O) groups excluding carboxylic acids is 1. The minimum absolute atomic E-state index is 0.0813. The van der Waals surface area contributed by atoms with E-state index in [2.05, 4.69) is 15.8 Å². The number of benzene rings is 3. The van der Waals surface area contributed by atoms with Crippen LogP contribution in [0.25, 0.3) is 15.8 Å². The Morgan fingerprint density at radius 2 is 1.82 bits per heavy atom. The van der Waals surface area contributed by atoms with Gasteiger partial charge in [0.2, 0.25) is 0 Å². The number of ether oxygens (including phenoxy) is 2. The standard InChI is InChI=1S/C27H20N2O4S/c30-27-15-26(34(31)29-27)17-8-10-19(11-9-17)32-25-13-12-22-21(25)5-3-7-24(22)33-20-14-18-4-1-2-6-23(18)28-16-20/h1-11,14-16,25H,12-13H2,(H,29,30)/t25-,34?/m1/s1. The van der Waals surface area contributed by atoms with Crippen LogP contribution in [-0.4, -0.2) is 15.1 Å². The van der Waals surface area contributed by atoms with Gasteiger partial charge in [0.1, 0.15) is 23.4 Å². The van der Waals surface area contributed by atoms with Crippen LogP contribution in [0.1, 0.15) is 29.2 Å². The molecular formula is C27H20N2O4S. The number of nitrogens with zero attached hydrogens (tertiary/aromatic N) is 1. The van der Waals surface area contributed by atoms with Crippen molar-refractivity contribution in [2.24, 2.45) is 0 Å². The van der Waals surface area contributed by atoms with E-state index < -0.39 is 11.0 Å². The average molecular weight is 469 g/mol. The van der Waals surface area contributed by atoms with Gasteiger partial charge in [-0.05, 0) is 54.3 Å². The Hall–Kier alpha value is -3.97. The highest BCUT2D eigenvalue weighted by Gasteiger charge is 2.27. The number of carbonyl (C=O) groups is 1. The number of rotatable bonds is 5. The Morgan fingerprint density at radius 1 is 0.971 bits per heavy atom. The van der Waals surface area contributed by atoms with Gasteiger partial charge in [-0.2, -0.15) is 0 Å². The van der Waals surface area contributed by atoms with Crippen LogP contribution in [0.2, 0.25) is 0 Å². The summed E-state index contributed by atoms with van der Waals surface area (Å²) in [6.07, 6.45) is 4.74. The lowest BCUT2D eigenvalue weighted by Gasteiger charge is -2.16. The van der Waals surface area contributed by atoms with Crippen molar-refractivity contribution in [3.05, 3.63) is 102 Å². The molecule has 1 aliphatic carbocycles. The zero-order chi connectivity index (χ0) is 23.1. The molecule has 2 atom stereocenters. The Labute approximate surface area is 198 Å². The molecule has 4 aromatic rings. The lowest BCUT2D eigenvalue weighted by atomic mass is 10.1. The molecule has 1 N–H and O–H groups in total. The molecule has 0 bridgehead atoms. The summed E-state index contributed by atoms with van der Waals surface area (Å²) in [6.45, 7) is 0. The smallest absolute Gasteiger partial charge is 0.257 e. The maximum atomic E-state index is 12.0. The quantitative estimate of drug-likeness (QED) is 0.434. The SMILES string of the molecule is O=C1C=C(c2ccc(O[C@@H]3CCc4c(Oc5cnc6ccccc6c5)cccc43)cc2)S(=O)N1. The number of amides is 1. The third kappa shape index (κ3) is 3.84. The van der Waals surface area contributed by atoms with Gasteiger partial charge in [-0.15, -0.1) is 0 Å². The van der Waals surface area contributed by atoms with E-state index in [0.29, 0.717) is 10.7 Å². The first-order valence-electron chi connectivity index (χ1n) is 11.0. The molecule has 2 heterocycles. The van der Waals surface area contributed by atoms with Crippen molar-refractivity contribution >= 4 is 32.7 Å². The van der Waals surface area contributed by atoms with Crippen LogP contribution in [0.5, 0.6) is 17.2 Å². The predicted octanol–water partition coefficient (Wildman–Crippen LogP) is 5.23. The minimum Gasteiger partial charge on any atom is -0.486 e. The van der Waals surface area contributed by atoms with Crippen LogP contribution in [0.3, 0.4) is 0 Å². The molecule has 0 spiro atoms. The predicted molar refractivity (Wildman–Crippen MR) is 131 cm³/mol. The van der Waals surface area contributed by atoms with E-state index in [0.717, 1.165) is 51.9 Å². The van der Waals surface area contributed by atoms with Gasteiger partial charge in [0.05, 0.1) is 16.6 Å². The van der Waals surface area contributed by atoms with Gasteiger partial charge in [0.15, 0.2) is 11.0 Å². The Morgan fingerprint density at radius 3 is 2.65 bits per heavy atom. The van der Waals surface area contributed by atoms with Gasteiger partial charge in [-0.3, -0.25) is 14.5 Å². The molecule has 0 saturated heterocycles. The van der Waals surface area contributed by atoms with Crippen LogP contribution in [0.15, 0.2) is 85.1 Å². The van der Waals surface area contributed by atoms with E-state index in [-0.39, 0.29) is 12.0 Å². The molecule has 0 saturated carbocycles. The van der Waals surface area contributed by atoms with Crippen molar-refractivity contribution in [3.63, 3.8) is 0 Å². The molecule has 6 nitrogen and oxygen atoms in total. The van der Waals surface area contributed by atoms with E-state index in [1.807, 2.05) is 66.7 Å². The molecule has 1 aliphatic heterocycles. The summed E-state index contributed by atoms with van der Waals surface area (Å²) in [5, 5.41) is 1.04.